The molecule has 2 amide bonds. The summed E-state index contributed by atoms with van der Waals surface area (Å²) >= 11 is 3.38. The Morgan fingerprint density at radius 2 is 2.00 bits per heavy atom. The van der Waals surface area contributed by atoms with Crippen molar-refractivity contribution in [1.29, 1.82) is 0 Å². The van der Waals surface area contributed by atoms with Gasteiger partial charge in [-0.25, -0.2) is 0 Å². The molecule has 118 valence electrons. The fourth-order valence-electron chi connectivity index (χ4n) is 2.74. The van der Waals surface area contributed by atoms with Crippen molar-refractivity contribution in [2.75, 3.05) is 16.8 Å². The number of hydrogen-bond acceptors (Lipinski definition) is 2. The second-order valence-electron chi connectivity index (χ2n) is 5.74. The first-order valence-electron chi connectivity index (χ1n) is 7.46. The van der Waals surface area contributed by atoms with Crippen LogP contribution >= 0.6 is 15.9 Å². The lowest BCUT2D eigenvalue weighted by atomic mass is 10.1. The molecule has 1 heterocycles. The van der Waals surface area contributed by atoms with E-state index < -0.39 is 0 Å². The fraction of sp³-hybridized carbons (Fsp3) is 0.222. The maximum atomic E-state index is 12.4. The molecule has 23 heavy (non-hydrogen) atoms. The zero-order chi connectivity index (χ0) is 16.4. The molecule has 4 nitrogen and oxygen atoms in total. The molecule has 1 saturated heterocycles. The number of anilines is 2. The van der Waals surface area contributed by atoms with Gasteiger partial charge in [-0.1, -0.05) is 34.1 Å². The Bertz CT molecular complexity index is 760. The number of aryl methyl sites for hydroxylation is 1. The van der Waals surface area contributed by atoms with Crippen LogP contribution in [0.1, 0.15) is 12.0 Å². The second-order valence-corrected chi connectivity index (χ2v) is 6.66. The molecule has 0 aromatic heterocycles. The van der Waals surface area contributed by atoms with E-state index in [1.807, 2.05) is 55.5 Å². The number of hydrogen-bond donors (Lipinski definition) is 1. The highest BCUT2D eigenvalue weighted by Gasteiger charge is 2.35. The standard InChI is InChI=1S/C18H17BrN2O2/c1-12-4-2-7-16(8-12)21-11-13(9-17(21)22)18(23)20-15-6-3-5-14(19)10-15/h2-8,10,13H,9,11H2,1H3,(H,20,23). The van der Waals surface area contributed by atoms with Crippen LogP contribution in [0, 0.1) is 12.8 Å². The summed E-state index contributed by atoms with van der Waals surface area (Å²) in [6, 6.07) is 15.2. The van der Waals surface area contributed by atoms with Gasteiger partial charge in [-0.2, -0.15) is 0 Å². The predicted molar refractivity (Wildman–Crippen MR) is 94.4 cm³/mol. The summed E-state index contributed by atoms with van der Waals surface area (Å²) in [4.78, 5) is 26.3. The minimum absolute atomic E-state index is 0.00927. The average Bonchev–Trinajstić information content (AvgIpc) is 2.89. The van der Waals surface area contributed by atoms with Gasteiger partial charge in [0, 0.05) is 28.8 Å². The van der Waals surface area contributed by atoms with Gasteiger partial charge in [0.25, 0.3) is 0 Å². The Morgan fingerprint density at radius 3 is 2.74 bits per heavy atom. The van der Waals surface area contributed by atoms with E-state index in [-0.39, 0.29) is 24.2 Å². The molecule has 0 spiro atoms. The van der Waals surface area contributed by atoms with E-state index in [1.165, 1.54) is 0 Å². The average molecular weight is 373 g/mol. The third-order valence-corrected chi connectivity index (χ3v) is 4.39. The van der Waals surface area contributed by atoms with Crippen LogP contribution in [-0.4, -0.2) is 18.4 Å². The summed E-state index contributed by atoms with van der Waals surface area (Å²) in [6.45, 7) is 2.41. The van der Waals surface area contributed by atoms with Crippen molar-refractivity contribution in [1.82, 2.24) is 0 Å². The molecule has 2 aromatic carbocycles. The number of carbonyl (C=O) groups excluding carboxylic acids is 2. The molecular weight excluding hydrogens is 356 g/mol. The van der Waals surface area contributed by atoms with Crippen LogP contribution in [0.2, 0.25) is 0 Å². The molecule has 1 N–H and O–H groups in total. The minimum atomic E-state index is -0.331. The SMILES string of the molecule is Cc1cccc(N2CC(C(=O)Nc3cccc(Br)c3)CC2=O)c1. The van der Waals surface area contributed by atoms with Gasteiger partial charge in [-0.05, 0) is 42.8 Å². The number of amides is 2. The van der Waals surface area contributed by atoms with Gasteiger partial charge >= 0.3 is 0 Å². The van der Waals surface area contributed by atoms with Crippen LogP contribution in [0.15, 0.2) is 53.0 Å². The smallest absolute Gasteiger partial charge is 0.229 e. The summed E-state index contributed by atoms with van der Waals surface area (Å²) < 4.78 is 0.902. The molecule has 0 radical (unpaired) electrons. The summed E-state index contributed by atoms with van der Waals surface area (Å²) in [6.07, 6.45) is 0.244. The molecule has 2 aromatic rings. The van der Waals surface area contributed by atoms with E-state index >= 15 is 0 Å². The predicted octanol–water partition coefficient (Wildman–Crippen LogP) is 3.75. The van der Waals surface area contributed by atoms with Crippen LogP contribution in [0.5, 0.6) is 0 Å². The Balaban J connectivity index is 1.70. The van der Waals surface area contributed by atoms with Crippen molar-refractivity contribution in [3.8, 4) is 0 Å². The molecule has 1 aliphatic rings. The number of benzene rings is 2. The lowest BCUT2D eigenvalue weighted by molar-refractivity contribution is -0.122. The van der Waals surface area contributed by atoms with Crippen LogP contribution in [0.25, 0.3) is 0 Å². The first kappa shape index (κ1) is 15.7. The Hall–Kier alpha value is -2.14. The Kier molecular flexibility index (Phi) is 4.48. The zero-order valence-corrected chi connectivity index (χ0v) is 14.3. The summed E-state index contributed by atoms with van der Waals surface area (Å²) in [7, 11) is 0. The first-order chi connectivity index (χ1) is 11.0. The van der Waals surface area contributed by atoms with Crippen molar-refractivity contribution >= 4 is 39.1 Å². The molecular formula is C18H17BrN2O2. The summed E-state index contributed by atoms with van der Waals surface area (Å²) in [5, 5.41) is 2.88. The van der Waals surface area contributed by atoms with Crippen molar-refractivity contribution in [2.24, 2.45) is 5.92 Å². The molecule has 1 unspecified atom stereocenters. The van der Waals surface area contributed by atoms with Crippen LogP contribution in [-0.2, 0) is 9.59 Å². The van der Waals surface area contributed by atoms with Gasteiger partial charge in [0.15, 0.2) is 0 Å². The molecule has 0 aliphatic carbocycles. The number of rotatable bonds is 3. The van der Waals surface area contributed by atoms with Gasteiger partial charge in [-0.3, -0.25) is 9.59 Å². The normalized spacial score (nSPS) is 17.4. The molecule has 1 atom stereocenters. The first-order valence-corrected chi connectivity index (χ1v) is 8.26. The van der Waals surface area contributed by atoms with Crippen LogP contribution < -0.4 is 10.2 Å². The maximum Gasteiger partial charge on any atom is 0.229 e. The quantitative estimate of drug-likeness (QED) is 0.891. The van der Waals surface area contributed by atoms with E-state index in [1.54, 1.807) is 4.90 Å². The van der Waals surface area contributed by atoms with E-state index in [4.69, 9.17) is 0 Å². The molecule has 0 saturated carbocycles. The minimum Gasteiger partial charge on any atom is -0.326 e. The Labute approximate surface area is 143 Å². The monoisotopic (exact) mass is 372 g/mol. The molecule has 1 aliphatic heterocycles. The largest absolute Gasteiger partial charge is 0.326 e. The van der Waals surface area contributed by atoms with Gasteiger partial charge in [0.05, 0.1) is 5.92 Å². The zero-order valence-electron chi connectivity index (χ0n) is 12.8. The van der Waals surface area contributed by atoms with Crippen molar-refractivity contribution < 1.29 is 9.59 Å². The fourth-order valence-corrected chi connectivity index (χ4v) is 3.14. The molecule has 0 bridgehead atoms. The topological polar surface area (TPSA) is 49.4 Å². The molecule has 5 heteroatoms. The maximum absolute atomic E-state index is 12.4. The highest BCUT2D eigenvalue weighted by molar-refractivity contribution is 9.10. The highest BCUT2D eigenvalue weighted by atomic mass is 79.9. The van der Waals surface area contributed by atoms with Crippen molar-refractivity contribution in [3.63, 3.8) is 0 Å². The number of nitrogens with one attached hydrogen (secondary N) is 1. The summed E-state index contributed by atoms with van der Waals surface area (Å²) in [5.74, 6) is -0.460. The van der Waals surface area contributed by atoms with Crippen LogP contribution in [0.4, 0.5) is 11.4 Å². The molecule has 1 fully saturated rings. The third kappa shape index (κ3) is 3.62. The van der Waals surface area contributed by atoms with Crippen LogP contribution in [0.3, 0.4) is 0 Å². The Morgan fingerprint density at radius 1 is 1.22 bits per heavy atom. The van der Waals surface area contributed by atoms with Crippen molar-refractivity contribution in [2.45, 2.75) is 13.3 Å². The highest BCUT2D eigenvalue weighted by Crippen LogP contribution is 2.27. The lowest BCUT2D eigenvalue weighted by Crippen LogP contribution is -2.28. The van der Waals surface area contributed by atoms with Gasteiger partial charge in [0.2, 0.25) is 11.8 Å². The van der Waals surface area contributed by atoms with E-state index in [0.29, 0.717) is 6.54 Å². The van der Waals surface area contributed by atoms with Gasteiger partial charge in [-0.15, -0.1) is 0 Å². The number of carbonyl (C=O) groups is 2. The van der Waals surface area contributed by atoms with Gasteiger partial charge in [0.1, 0.15) is 0 Å². The van der Waals surface area contributed by atoms with Gasteiger partial charge < -0.3 is 10.2 Å². The number of nitrogens with zero attached hydrogens (tertiary/aromatic N) is 1. The second kappa shape index (κ2) is 6.54. The lowest BCUT2D eigenvalue weighted by Gasteiger charge is -2.17. The van der Waals surface area contributed by atoms with E-state index in [9.17, 15) is 9.59 Å². The van der Waals surface area contributed by atoms with E-state index in [2.05, 4.69) is 21.2 Å². The summed E-state index contributed by atoms with van der Waals surface area (Å²) in [5.41, 5.74) is 2.68. The van der Waals surface area contributed by atoms with E-state index in [0.717, 1.165) is 21.4 Å². The number of halogens is 1. The van der Waals surface area contributed by atoms with Crippen molar-refractivity contribution in [3.05, 3.63) is 58.6 Å². The third-order valence-electron chi connectivity index (χ3n) is 3.90. The molecule has 3 rings (SSSR count).